The minimum atomic E-state index is -1.37. The highest BCUT2D eigenvalue weighted by molar-refractivity contribution is 5.67. The van der Waals surface area contributed by atoms with Gasteiger partial charge in [0, 0.05) is 6.92 Å². The molecule has 22 heavy (non-hydrogen) atoms. The molecule has 0 bridgehead atoms. The molecule has 0 spiro atoms. The number of carbonyl (C=O) groups excluding carboxylic acids is 2. The number of alkyl carbamates (subject to hydrolysis) is 1. The molecule has 0 saturated carbocycles. The van der Waals surface area contributed by atoms with Crippen molar-refractivity contribution in [1.29, 1.82) is 0 Å². The zero-order chi connectivity index (χ0) is 16.6. The molecule has 0 aliphatic rings. The molecule has 0 unspecified atom stereocenters. The molecule has 0 aliphatic carbocycles. The molecule has 0 heterocycles. The second-order valence-corrected chi connectivity index (χ2v) is 5.28. The first-order valence-electron chi connectivity index (χ1n) is 7.19. The second kappa shape index (κ2) is 8.38. The van der Waals surface area contributed by atoms with Crippen LogP contribution in [0, 0.1) is 0 Å². The quantitative estimate of drug-likeness (QED) is 0.753. The van der Waals surface area contributed by atoms with E-state index in [0.717, 1.165) is 5.56 Å². The number of aliphatic hydroxyl groups is 1. The van der Waals surface area contributed by atoms with E-state index in [1.54, 1.807) is 6.92 Å². The van der Waals surface area contributed by atoms with Crippen LogP contribution in [-0.2, 0) is 20.9 Å². The number of benzene rings is 1. The average Bonchev–Trinajstić information content (AvgIpc) is 2.49. The Labute approximate surface area is 130 Å². The lowest BCUT2D eigenvalue weighted by molar-refractivity contribution is -0.160. The molecule has 0 fully saturated rings. The minimum absolute atomic E-state index is 0.0770. The summed E-state index contributed by atoms with van der Waals surface area (Å²) in [6, 6.07) is 9.27. The molecule has 2 atom stereocenters. The zero-order valence-electron chi connectivity index (χ0n) is 13.2. The average molecular weight is 309 g/mol. The van der Waals surface area contributed by atoms with Crippen molar-refractivity contribution in [2.24, 2.45) is 0 Å². The SMILES string of the molecule is CC[C@@H](OC(C)=O)[C@](C)(O)CNC(=O)OCc1ccccc1. The zero-order valence-corrected chi connectivity index (χ0v) is 13.2. The molecule has 122 valence electrons. The van der Waals surface area contributed by atoms with E-state index < -0.39 is 23.8 Å². The van der Waals surface area contributed by atoms with E-state index in [9.17, 15) is 14.7 Å². The summed E-state index contributed by atoms with van der Waals surface area (Å²) in [5.41, 5.74) is -0.498. The predicted octanol–water partition coefficient (Wildman–Crippen LogP) is 2.01. The van der Waals surface area contributed by atoms with Gasteiger partial charge in [0.2, 0.25) is 0 Å². The van der Waals surface area contributed by atoms with Crippen LogP contribution in [0.5, 0.6) is 0 Å². The van der Waals surface area contributed by atoms with Crippen molar-refractivity contribution in [2.45, 2.75) is 45.5 Å². The Bertz CT molecular complexity index is 487. The number of ether oxygens (including phenoxy) is 2. The summed E-state index contributed by atoms with van der Waals surface area (Å²) < 4.78 is 10.1. The van der Waals surface area contributed by atoms with E-state index in [1.165, 1.54) is 13.8 Å². The maximum Gasteiger partial charge on any atom is 0.407 e. The fourth-order valence-corrected chi connectivity index (χ4v) is 1.99. The van der Waals surface area contributed by atoms with Crippen LogP contribution < -0.4 is 5.32 Å². The van der Waals surface area contributed by atoms with Crippen LogP contribution in [0.1, 0.15) is 32.8 Å². The van der Waals surface area contributed by atoms with Crippen molar-refractivity contribution in [1.82, 2.24) is 5.32 Å². The molecule has 1 aromatic carbocycles. The van der Waals surface area contributed by atoms with Gasteiger partial charge < -0.3 is 19.9 Å². The van der Waals surface area contributed by atoms with Crippen LogP contribution in [0.3, 0.4) is 0 Å². The number of esters is 1. The third kappa shape index (κ3) is 6.13. The molecule has 0 aliphatic heterocycles. The van der Waals surface area contributed by atoms with Gasteiger partial charge in [0.05, 0.1) is 6.54 Å². The highest BCUT2D eigenvalue weighted by Crippen LogP contribution is 2.16. The molecule has 1 rings (SSSR count). The Kier molecular flexibility index (Phi) is 6.85. The summed E-state index contributed by atoms with van der Waals surface area (Å²) in [7, 11) is 0. The summed E-state index contributed by atoms with van der Waals surface area (Å²) in [6.07, 6.45) is -0.894. The summed E-state index contributed by atoms with van der Waals surface area (Å²) in [5, 5.41) is 12.8. The molecule has 2 N–H and O–H groups in total. The van der Waals surface area contributed by atoms with E-state index in [1.807, 2.05) is 30.3 Å². The lowest BCUT2D eigenvalue weighted by Gasteiger charge is -2.31. The predicted molar refractivity (Wildman–Crippen MR) is 81.1 cm³/mol. The van der Waals surface area contributed by atoms with Crippen LogP contribution in [-0.4, -0.2) is 35.4 Å². The Morgan fingerprint density at radius 3 is 2.50 bits per heavy atom. The Hall–Kier alpha value is -2.08. The van der Waals surface area contributed by atoms with Crippen LogP contribution in [0.4, 0.5) is 4.79 Å². The van der Waals surface area contributed by atoms with Gasteiger partial charge in [-0.1, -0.05) is 37.3 Å². The van der Waals surface area contributed by atoms with Crippen LogP contribution in [0.2, 0.25) is 0 Å². The Balaban J connectivity index is 2.42. The molecular weight excluding hydrogens is 286 g/mol. The van der Waals surface area contributed by atoms with E-state index >= 15 is 0 Å². The molecule has 0 radical (unpaired) electrons. The van der Waals surface area contributed by atoms with Gasteiger partial charge >= 0.3 is 12.1 Å². The van der Waals surface area contributed by atoms with Crippen molar-refractivity contribution >= 4 is 12.1 Å². The Morgan fingerprint density at radius 1 is 1.32 bits per heavy atom. The van der Waals surface area contributed by atoms with Crippen molar-refractivity contribution in [3.8, 4) is 0 Å². The topological polar surface area (TPSA) is 84.9 Å². The molecule has 0 saturated heterocycles. The number of amides is 1. The van der Waals surface area contributed by atoms with Crippen molar-refractivity contribution in [3.63, 3.8) is 0 Å². The first-order valence-corrected chi connectivity index (χ1v) is 7.19. The number of rotatable bonds is 7. The maximum absolute atomic E-state index is 11.6. The summed E-state index contributed by atoms with van der Waals surface area (Å²) in [6.45, 7) is 4.64. The third-order valence-electron chi connectivity index (χ3n) is 3.18. The summed E-state index contributed by atoms with van der Waals surface area (Å²) in [5.74, 6) is -0.473. The third-order valence-corrected chi connectivity index (χ3v) is 3.18. The van der Waals surface area contributed by atoms with E-state index in [4.69, 9.17) is 9.47 Å². The first-order chi connectivity index (χ1) is 10.3. The van der Waals surface area contributed by atoms with E-state index in [2.05, 4.69) is 5.32 Å². The fraction of sp³-hybridized carbons (Fsp3) is 0.500. The Morgan fingerprint density at radius 2 is 1.95 bits per heavy atom. The van der Waals surface area contributed by atoms with Gasteiger partial charge in [0.15, 0.2) is 0 Å². The minimum Gasteiger partial charge on any atom is -0.459 e. The highest BCUT2D eigenvalue weighted by Gasteiger charge is 2.33. The molecule has 6 nitrogen and oxygen atoms in total. The van der Waals surface area contributed by atoms with Gasteiger partial charge in [-0.15, -0.1) is 0 Å². The molecular formula is C16H23NO5. The van der Waals surface area contributed by atoms with Gasteiger partial charge in [-0.05, 0) is 18.9 Å². The normalized spacial score (nSPS) is 14.5. The first kappa shape index (κ1) is 18.0. The van der Waals surface area contributed by atoms with Crippen LogP contribution in [0.15, 0.2) is 30.3 Å². The lowest BCUT2D eigenvalue weighted by Crippen LogP contribution is -2.50. The number of hydrogen-bond donors (Lipinski definition) is 2. The number of hydrogen-bond acceptors (Lipinski definition) is 5. The molecule has 1 amide bonds. The second-order valence-electron chi connectivity index (χ2n) is 5.28. The standard InChI is InChI=1S/C16H23NO5/c1-4-14(22-12(2)18)16(3,20)11-17-15(19)21-10-13-8-6-5-7-9-13/h5-9,14,20H,4,10-11H2,1-3H3,(H,17,19)/t14-,16-/m1/s1. The van der Waals surface area contributed by atoms with Crippen LogP contribution >= 0.6 is 0 Å². The van der Waals surface area contributed by atoms with E-state index in [-0.39, 0.29) is 13.2 Å². The van der Waals surface area contributed by atoms with Gasteiger partial charge in [0.25, 0.3) is 0 Å². The highest BCUT2D eigenvalue weighted by atomic mass is 16.6. The van der Waals surface area contributed by atoms with Crippen molar-refractivity contribution in [3.05, 3.63) is 35.9 Å². The van der Waals surface area contributed by atoms with E-state index in [0.29, 0.717) is 6.42 Å². The largest absolute Gasteiger partial charge is 0.459 e. The fourth-order valence-electron chi connectivity index (χ4n) is 1.99. The van der Waals surface area contributed by atoms with Crippen molar-refractivity contribution < 1.29 is 24.2 Å². The lowest BCUT2D eigenvalue weighted by atomic mass is 9.97. The van der Waals surface area contributed by atoms with Gasteiger partial charge in [-0.3, -0.25) is 4.79 Å². The molecule has 6 heteroatoms. The number of carbonyl (C=O) groups is 2. The van der Waals surface area contributed by atoms with Crippen LogP contribution in [0.25, 0.3) is 0 Å². The van der Waals surface area contributed by atoms with Gasteiger partial charge in [-0.25, -0.2) is 4.79 Å². The number of nitrogens with one attached hydrogen (secondary N) is 1. The van der Waals surface area contributed by atoms with Gasteiger partial charge in [-0.2, -0.15) is 0 Å². The van der Waals surface area contributed by atoms with Gasteiger partial charge in [0.1, 0.15) is 18.3 Å². The maximum atomic E-state index is 11.6. The molecule has 0 aromatic heterocycles. The monoisotopic (exact) mass is 309 g/mol. The summed E-state index contributed by atoms with van der Waals surface area (Å²) in [4.78, 5) is 22.7. The smallest absolute Gasteiger partial charge is 0.407 e. The molecule has 1 aromatic rings. The summed E-state index contributed by atoms with van der Waals surface area (Å²) >= 11 is 0. The van der Waals surface area contributed by atoms with Crippen molar-refractivity contribution in [2.75, 3.05) is 6.54 Å².